The Morgan fingerprint density at radius 2 is 1.92 bits per heavy atom. The second kappa shape index (κ2) is 8.32. The van der Waals surface area contributed by atoms with Gasteiger partial charge in [-0.3, -0.25) is 9.89 Å². The van der Waals surface area contributed by atoms with E-state index in [1.54, 1.807) is 33.0 Å². The summed E-state index contributed by atoms with van der Waals surface area (Å²) in [6.45, 7) is 5.63. The summed E-state index contributed by atoms with van der Waals surface area (Å²) in [5.74, 6) is -0.288. The molecule has 134 valence electrons. The number of nitrogens with zero attached hydrogens (tertiary/aromatic N) is 1. The zero-order valence-electron chi connectivity index (χ0n) is 14.7. The maximum atomic E-state index is 12.5. The van der Waals surface area contributed by atoms with Crippen LogP contribution in [0.25, 0.3) is 0 Å². The molecule has 3 N–H and O–H groups in total. The van der Waals surface area contributed by atoms with E-state index in [2.05, 4.69) is 20.8 Å². The van der Waals surface area contributed by atoms with E-state index >= 15 is 0 Å². The molecule has 1 atom stereocenters. The van der Waals surface area contributed by atoms with Crippen LogP contribution in [0.1, 0.15) is 32.0 Å². The maximum absolute atomic E-state index is 12.5. The number of amides is 2. The number of carbonyl (C=O) groups excluding carboxylic acids is 2. The topological polar surface area (TPSA) is 96.1 Å². The molecule has 2 amide bonds. The number of alkyl carbamates (subject to hydrolysis) is 1. The van der Waals surface area contributed by atoms with Crippen LogP contribution in [0.3, 0.4) is 0 Å². The van der Waals surface area contributed by atoms with Crippen LogP contribution in [0.4, 0.5) is 4.79 Å². The van der Waals surface area contributed by atoms with Crippen LogP contribution in [0.15, 0.2) is 42.6 Å². The molecule has 1 aromatic carbocycles. The molecule has 7 nitrogen and oxygen atoms in total. The van der Waals surface area contributed by atoms with Crippen molar-refractivity contribution in [1.82, 2.24) is 20.8 Å². The third-order valence-electron chi connectivity index (χ3n) is 3.30. The third-order valence-corrected chi connectivity index (χ3v) is 3.30. The molecule has 2 rings (SSSR count). The highest BCUT2D eigenvalue weighted by Gasteiger charge is 2.24. The standard InChI is InChI=1S/C18H24N4O3/c1-18(2,3)25-17(24)21-15(11-13-7-5-4-6-8-13)16(23)19-12-14-9-10-20-22-14/h4-10,15H,11-12H2,1-3H3,(H,19,23)(H,20,22)(H,21,24). The van der Waals surface area contributed by atoms with Gasteiger partial charge in [-0.25, -0.2) is 4.79 Å². The van der Waals surface area contributed by atoms with Crippen LogP contribution >= 0.6 is 0 Å². The van der Waals surface area contributed by atoms with Crippen molar-refractivity contribution in [1.29, 1.82) is 0 Å². The molecule has 1 unspecified atom stereocenters. The average Bonchev–Trinajstić information content (AvgIpc) is 3.04. The van der Waals surface area contributed by atoms with Crippen molar-refractivity contribution in [2.24, 2.45) is 0 Å². The summed E-state index contributed by atoms with van der Waals surface area (Å²) in [4.78, 5) is 24.6. The monoisotopic (exact) mass is 344 g/mol. The first kappa shape index (κ1) is 18.5. The van der Waals surface area contributed by atoms with Gasteiger partial charge in [-0.05, 0) is 32.4 Å². The minimum absolute atomic E-state index is 0.288. The van der Waals surface area contributed by atoms with Crippen molar-refractivity contribution >= 4 is 12.0 Å². The molecule has 25 heavy (non-hydrogen) atoms. The predicted molar refractivity (Wildman–Crippen MR) is 93.7 cm³/mol. The number of aromatic nitrogens is 2. The number of hydrogen-bond acceptors (Lipinski definition) is 4. The zero-order chi connectivity index (χ0) is 18.3. The molecule has 0 spiro atoms. The fraction of sp³-hybridized carbons (Fsp3) is 0.389. The second-order valence-corrected chi connectivity index (χ2v) is 6.69. The Balaban J connectivity index is 2.02. The maximum Gasteiger partial charge on any atom is 0.408 e. The van der Waals surface area contributed by atoms with Gasteiger partial charge in [0.15, 0.2) is 0 Å². The summed E-state index contributed by atoms with van der Waals surface area (Å²) in [6, 6.07) is 10.5. The van der Waals surface area contributed by atoms with Crippen LogP contribution in [0.5, 0.6) is 0 Å². The van der Waals surface area contributed by atoms with Gasteiger partial charge in [-0.2, -0.15) is 5.10 Å². The van der Waals surface area contributed by atoms with Gasteiger partial charge in [0.25, 0.3) is 0 Å². The molecule has 0 bridgehead atoms. The van der Waals surface area contributed by atoms with Crippen molar-refractivity contribution in [2.75, 3.05) is 0 Å². The lowest BCUT2D eigenvalue weighted by Crippen LogP contribution is -2.49. The molecule has 0 aliphatic carbocycles. The van der Waals surface area contributed by atoms with Crippen molar-refractivity contribution in [2.45, 2.75) is 45.4 Å². The Hall–Kier alpha value is -2.83. The van der Waals surface area contributed by atoms with Gasteiger partial charge in [0.1, 0.15) is 11.6 Å². The minimum Gasteiger partial charge on any atom is -0.444 e. The smallest absolute Gasteiger partial charge is 0.408 e. The second-order valence-electron chi connectivity index (χ2n) is 6.69. The van der Waals surface area contributed by atoms with Crippen molar-refractivity contribution in [3.63, 3.8) is 0 Å². The summed E-state index contributed by atoms with van der Waals surface area (Å²) >= 11 is 0. The number of hydrogen-bond donors (Lipinski definition) is 3. The molecule has 1 aromatic heterocycles. The highest BCUT2D eigenvalue weighted by atomic mass is 16.6. The fourth-order valence-electron chi connectivity index (χ4n) is 2.20. The van der Waals surface area contributed by atoms with E-state index in [4.69, 9.17) is 4.74 Å². The van der Waals surface area contributed by atoms with E-state index < -0.39 is 17.7 Å². The largest absolute Gasteiger partial charge is 0.444 e. The van der Waals surface area contributed by atoms with Crippen LogP contribution in [0.2, 0.25) is 0 Å². The SMILES string of the molecule is CC(C)(C)OC(=O)NC(Cc1ccccc1)C(=O)NCc1ccn[nH]1. The number of nitrogens with one attached hydrogen (secondary N) is 3. The normalized spacial score (nSPS) is 12.3. The number of rotatable bonds is 6. The molecular formula is C18H24N4O3. The Morgan fingerprint density at radius 3 is 2.52 bits per heavy atom. The van der Waals surface area contributed by atoms with Gasteiger partial charge < -0.3 is 15.4 Å². The summed E-state index contributed by atoms with van der Waals surface area (Å²) < 4.78 is 5.26. The molecule has 0 aliphatic heterocycles. The van der Waals surface area contributed by atoms with Crippen molar-refractivity contribution < 1.29 is 14.3 Å². The Kier molecular flexibility index (Phi) is 6.16. The summed E-state index contributed by atoms with van der Waals surface area (Å²) in [7, 11) is 0. The molecule has 2 aromatic rings. The van der Waals surface area contributed by atoms with E-state index in [0.717, 1.165) is 11.3 Å². The number of H-pyrrole nitrogens is 1. The average molecular weight is 344 g/mol. The fourth-order valence-corrected chi connectivity index (χ4v) is 2.20. The van der Waals surface area contributed by atoms with Gasteiger partial charge in [-0.1, -0.05) is 30.3 Å². The van der Waals surface area contributed by atoms with Crippen LogP contribution < -0.4 is 10.6 Å². The van der Waals surface area contributed by atoms with Gasteiger partial charge in [0.2, 0.25) is 5.91 Å². The lowest BCUT2D eigenvalue weighted by molar-refractivity contribution is -0.123. The Morgan fingerprint density at radius 1 is 1.20 bits per heavy atom. The van der Waals surface area contributed by atoms with Gasteiger partial charge in [0, 0.05) is 12.6 Å². The molecule has 0 aliphatic rings. The Bertz CT molecular complexity index is 678. The van der Waals surface area contributed by atoms with E-state index in [9.17, 15) is 9.59 Å². The van der Waals surface area contributed by atoms with E-state index in [1.807, 2.05) is 30.3 Å². The number of aromatic amines is 1. The first-order valence-electron chi connectivity index (χ1n) is 8.13. The quantitative estimate of drug-likeness (QED) is 0.748. The first-order valence-corrected chi connectivity index (χ1v) is 8.13. The Labute approximate surface area is 147 Å². The van der Waals surface area contributed by atoms with Crippen LogP contribution in [-0.4, -0.2) is 33.8 Å². The lowest BCUT2D eigenvalue weighted by Gasteiger charge is -2.23. The first-order chi connectivity index (χ1) is 11.8. The van der Waals surface area contributed by atoms with E-state index in [0.29, 0.717) is 13.0 Å². The van der Waals surface area contributed by atoms with Gasteiger partial charge >= 0.3 is 6.09 Å². The van der Waals surface area contributed by atoms with E-state index in [1.165, 1.54) is 0 Å². The number of benzene rings is 1. The van der Waals surface area contributed by atoms with Gasteiger partial charge in [-0.15, -0.1) is 0 Å². The van der Waals surface area contributed by atoms with Gasteiger partial charge in [0.05, 0.1) is 12.2 Å². The molecule has 1 heterocycles. The summed E-state index contributed by atoms with van der Waals surface area (Å²) in [5.41, 5.74) is 1.10. The van der Waals surface area contributed by atoms with Crippen LogP contribution in [-0.2, 0) is 22.5 Å². The summed E-state index contributed by atoms with van der Waals surface area (Å²) in [5, 5.41) is 12.1. The van der Waals surface area contributed by atoms with Crippen molar-refractivity contribution in [3.05, 3.63) is 53.9 Å². The van der Waals surface area contributed by atoms with E-state index in [-0.39, 0.29) is 5.91 Å². The highest BCUT2D eigenvalue weighted by molar-refractivity contribution is 5.85. The van der Waals surface area contributed by atoms with Crippen LogP contribution in [0, 0.1) is 0 Å². The minimum atomic E-state index is -0.736. The highest BCUT2D eigenvalue weighted by Crippen LogP contribution is 2.09. The third kappa shape index (κ3) is 6.66. The molecule has 0 radical (unpaired) electrons. The molecule has 0 saturated carbocycles. The lowest BCUT2D eigenvalue weighted by atomic mass is 10.1. The zero-order valence-corrected chi connectivity index (χ0v) is 14.7. The number of ether oxygens (including phenoxy) is 1. The molecule has 7 heteroatoms. The summed E-state index contributed by atoms with van der Waals surface area (Å²) in [6.07, 6.45) is 1.36. The predicted octanol–water partition coefficient (Wildman–Crippen LogP) is 2.16. The molecule has 0 fully saturated rings. The molecule has 0 saturated heterocycles. The number of carbonyl (C=O) groups is 2. The van der Waals surface area contributed by atoms with Crippen molar-refractivity contribution in [3.8, 4) is 0 Å². The molecular weight excluding hydrogens is 320 g/mol.